The van der Waals surface area contributed by atoms with E-state index in [0.717, 1.165) is 23.0 Å². The molecule has 3 rings (SSSR count). The van der Waals surface area contributed by atoms with Gasteiger partial charge in [-0.3, -0.25) is 10.1 Å². The summed E-state index contributed by atoms with van der Waals surface area (Å²) in [4.78, 5) is 24.1. The Kier molecular flexibility index (Phi) is 5.39. The normalized spacial score (nSPS) is 12.0. The van der Waals surface area contributed by atoms with E-state index in [1.807, 2.05) is 18.2 Å². The lowest BCUT2D eigenvalue weighted by molar-refractivity contribution is -0.385. The zero-order chi connectivity index (χ0) is 20.3. The maximum atomic E-state index is 13.5. The average Bonchev–Trinajstić information content (AvgIpc) is 3.11. The van der Waals surface area contributed by atoms with Crippen LogP contribution in [0.25, 0.3) is 11.4 Å². The summed E-state index contributed by atoms with van der Waals surface area (Å²) in [6.45, 7) is 3.47. The third kappa shape index (κ3) is 4.00. The van der Waals surface area contributed by atoms with Crippen LogP contribution in [0.4, 0.5) is 10.1 Å². The van der Waals surface area contributed by atoms with E-state index in [0.29, 0.717) is 11.4 Å². The van der Waals surface area contributed by atoms with Crippen molar-refractivity contribution in [1.82, 2.24) is 20.2 Å². The molecule has 1 unspecified atom stereocenters. The van der Waals surface area contributed by atoms with Crippen molar-refractivity contribution < 1.29 is 18.8 Å². The van der Waals surface area contributed by atoms with Gasteiger partial charge in [0.15, 0.2) is 6.04 Å². The molecule has 0 bridgehead atoms. The van der Waals surface area contributed by atoms with Crippen LogP contribution in [0, 0.1) is 21.8 Å². The maximum absolute atomic E-state index is 13.5. The van der Waals surface area contributed by atoms with Gasteiger partial charge in [0.05, 0.1) is 4.92 Å². The van der Waals surface area contributed by atoms with Crippen molar-refractivity contribution in [2.75, 3.05) is 0 Å². The fraction of sp³-hybridized carbons (Fsp3) is 0.222. The monoisotopic (exact) mass is 385 g/mol. The molecule has 1 heterocycles. The number of aromatic nitrogens is 4. The zero-order valence-corrected chi connectivity index (χ0v) is 15.0. The molecule has 0 spiro atoms. The molecular weight excluding hydrogens is 369 g/mol. The molecule has 0 fully saturated rings. The highest BCUT2D eigenvalue weighted by molar-refractivity contribution is 5.78. The number of hydrogen-bond acceptors (Lipinski definition) is 7. The molecule has 0 amide bonds. The summed E-state index contributed by atoms with van der Waals surface area (Å²) >= 11 is 0. The number of hydrogen-bond donors (Lipinski definition) is 0. The second-order valence-electron chi connectivity index (χ2n) is 6.28. The first-order chi connectivity index (χ1) is 13.4. The SMILES string of the molecule is CC(C)C(C(=O)Oc1cc(F)ccc1[N+](=O)[O-])n1nnc(-c2ccccc2)n1. The average molecular weight is 385 g/mol. The lowest BCUT2D eigenvalue weighted by atomic mass is 10.1. The minimum absolute atomic E-state index is 0.316. The minimum atomic E-state index is -1.01. The first-order valence-corrected chi connectivity index (χ1v) is 8.37. The lowest BCUT2D eigenvalue weighted by Crippen LogP contribution is -2.30. The van der Waals surface area contributed by atoms with Crippen molar-refractivity contribution in [2.24, 2.45) is 5.92 Å². The smallest absolute Gasteiger partial charge is 0.338 e. The van der Waals surface area contributed by atoms with Gasteiger partial charge in [-0.15, -0.1) is 15.0 Å². The highest BCUT2D eigenvalue weighted by Gasteiger charge is 2.31. The van der Waals surface area contributed by atoms with E-state index in [4.69, 9.17) is 4.74 Å². The van der Waals surface area contributed by atoms with Gasteiger partial charge in [0.25, 0.3) is 0 Å². The summed E-state index contributed by atoms with van der Waals surface area (Å²) < 4.78 is 18.6. The molecule has 0 aliphatic heterocycles. The fourth-order valence-electron chi connectivity index (χ4n) is 2.57. The van der Waals surface area contributed by atoms with Crippen LogP contribution < -0.4 is 4.74 Å². The first kappa shape index (κ1) is 19.1. The zero-order valence-electron chi connectivity index (χ0n) is 15.0. The van der Waals surface area contributed by atoms with E-state index in [2.05, 4.69) is 15.4 Å². The van der Waals surface area contributed by atoms with E-state index in [1.54, 1.807) is 26.0 Å². The number of tetrazole rings is 1. The largest absolute Gasteiger partial charge is 0.417 e. The van der Waals surface area contributed by atoms with Gasteiger partial charge in [-0.25, -0.2) is 9.18 Å². The maximum Gasteiger partial charge on any atom is 0.338 e. The molecule has 0 aliphatic carbocycles. The van der Waals surface area contributed by atoms with Gasteiger partial charge < -0.3 is 4.74 Å². The van der Waals surface area contributed by atoms with Crippen molar-refractivity contribution in [2.45, 2.75) is 19.9 Å². The van der Waals surface area contributed by atoms with Crippen LogP contribution in [0.5, 0.6) is 5.75 Å². The number of benzene rings is 2. The van der Waals surface area contributed by atoms with Crippen molar-refractivity contribution in [3.05, 3.63) is 64.5 Å². The van der Waals surface area contributed by atoms with E-state index in [1.165, 1.54) is 0 Å². The predicted octanol–water partition coefficient (Wildman–Crippen LogP) is 3.19. The standard InChI is InChI=1S/C18H16FN5O4/c1-11(2)16(23-21-17(20-22-23)12-6-4-3-5-7-12)18(25)28-15-10-13(19)8-9-14(15)24(26)27/h3-11,16H,1-2H3. The summed E-state index contributed by atoms with van der Waals surface area (Å²) in [7, 11) is 0. The summed E-state index contributed by atoms with van der Waals surface area (Å²) in [5, 5.41) is 23.2. The van der Waals surface area contributed by atoms with Crippen LogP contribution in [0.1, 0.15) is 19.9 Å². The summed E-state index contributed by atoms with van der Waals surface area (Å²) in [6.07, 6.45) is 0. The van der Waals surface area contributed by atoms with Crippen LogP contribution in [0.15, 0.2) is 48.5 Å². The molecule has 1 aromatic heterocycles. The summed E-state index contributed by atoms with van der Waals surface area (Å²) in [5.41, 5.74) is 0.194. The first-order valence-electron chi connectivity index (χ1n) is 8.37. The second-order valence-corrected chi connectivity index (χ2v) is 6.28. The molecule has 2 aromatic carbocycles. The third-order valence-corrected chi connectivity index (χ3v) is 3.91. The highest BCUT2D eigenvalue weighted by Crippen LogP contribution is 2.29. The number of carbonyl (C=O) groups is 1. The van der Waals surface area contributed by atoms with Gasteiger partial charge in [-0.2, -0.15) is 0 Å². The van der Waals surface area contributed by atoms with Crippen LogP contribution in [0.3, 0.4) is 0 Å². The molecule has 9 nitrogen and oxygen atoms in total. The predicted molar refractivity (Wildman–Crippen MR) is 95.8 cm³/mol. The number of esters is 1. The van der Waals surface area contributed by atoms with E-state index < -0.39 is 34.2 Å². The van der Waals surface area contributed by atoms with Crippen LogP contribution in [-0.2, 0) is 4.79 Å². The Balaban J connectivity index is 1.90. The molecular formula is C18H16FN5O4. The topological polar surface area (TPSA) is 113 Å². The van der Waals surface area contributed by atoms with Gasteiger partial charge in [-0.1, -0.05) is 44.2 Å². The molecule has 3 aromatic rings. The summed E-state index contributed by atoms with van der Waals surface area (Å²) in [5.74, 6) is -2.11. The molecule has 1 atom stereocenters. The number of halogens is 1. The van der Waals surface area contributed by atoms with Crippen LogP contribution >= 0.6 is 0 Å². The highest BCUT2D eigenvalue weighted by atomic mass is 19.1. The Labute approximate surface area is 158 Å². The van der Waals surface area contributed by atoms with Gasteiger partial charge in [0, 0.05) is 17.7 Å². The van der Waals surface area contributed by atoms with E-state index in [9.17, 15) is 19.3 Å². The number of nitro benzene ring substituents is 1. The summed E-state index contributed by atoms with van der Waals surface area (Å²) in [6, 6.07) is 10.7. The number of nitrogens with zero attached hydrogens (tertiary/aromatic N) is 5. The number of nitro groups is 1. The molecule has 0 saturated heterocycles. The Morgan fingerprint density at radius 2 is 1.93 bits per heavy atom. The van der Waals surface area contributed by atoms with Gasteiger partial charge in [0.1, 0.15) is 5.82 Å². The lowest BCUT2D eigenvalue weighted by Gasteiger charge is -2.17. The molecule has 0 aliphatic rings. The number of rotatable bonds is 6. The van der Waals surface area contributed by atoms with Crippen molar-refractivity contribution >= 4 is 11.7 Å². The van der Waals surface area contributed by atoms with Crippen molar-refractivity contribution in [3.8, 4) is 17.1 Å². The van der Waals surface area contributed by atoms with Gasteiger partial charge in [-0.05, 0) is 17.2 Å². The van der Waals surface area contributed by atoms with E-state index >= 15 is 0 Å². The molecule has 0 saturated carbocycles. The molecule has 0 radical (unpaired) electrons. The van der Waals surface area contributed by atoms with Crippen LogP contribution in [0.2, 0.25) is 0 Å². The third-order valence-electron chi connectivity index (χ3n) is 3.91. The molecule has 0 N–H and O–H groups in total. The number of ether oxygens (including phenoxy) is 1. The van der Waals surface area contributed by atoms with Gasteiger partial charge in [0.2, 0.25) is 11.6 Å². The Bertz CT molecular complexity index is 1010. The molecule has 28 heavy (non-hydrogen) atoms. The Morgan fingerprint density at radius 3 is 2.57 bits per heavy atom. The minimum Gasteiger partial charge on any atom is -0.417 e. The number of carbonyl (C=O) groups excluding carboxylic acids is 1. The van der Waals surface area contributed by atoms with Gasteiger partial charge >= 0.3 is 11.7 Å². The Morgan fingerprint density at radius 1 is 1.21 bits per heavy atom. The van der Waals surface area contributed by atoms with Crippen LogP contribution in [-0.4, -0.2) is 31.1 Å². The molecule has 10 heteroatoms. The van der Waals surface area contributed by atoms with E-state index in [-0.39, 0.29) is 5.92 Å². The fourth-order valence-corrected chi connectivity index (χ4v) is 2.57. The quantitative estimate of drug-likeness (QED) is 0.277. The van der Waals surface area contributed by atoms with Crippen molar-refractivity contribution in [1.29, 1.82) is 0 Å². The molecule has 144 valence electrons. The second kappa shape index (κ2) is 7.91. The van der Waals surface area contributed by atoms with Crippen molar-refractivity contribution in [3.63, 3.8) is 0 Å². The Hall–Kier alpha value is -3.69.